The van der Waals surface area contributed by atoms with Crippen molar-refractivity contribution in [3.05, 3.63) is 82.7 Å². The molecule has 0 unspecified atom stereocenters. The van der Waals surface area contributed by atoms with Crippen molar-refractivity contribution in [1.29, 1.82) is 0 Å². The van der Waals surface area contributed by atoms with E-state index in [1.807, 2.05) is 6.08 Å². The number of nitrogens with two attached hydrogens (primary N) is 1. The highest BCUT2D eigenvalue weighted by molar-refractivity contribution is 5.83. The molecular formula is C20H15F3N4. The first kappa shape index (κ1) is 17.2. The van der Waals surface area contributed by atoms with Crippen LogP contribution in [0, 0.1) is 17.5 Å². The van der Waals surface area contributed by atoms with Gasteiger partial charge in [-0.1, -0.05) is 18.2 Å². The first-order valence-electron chi connectivity index (χ1n) is 8.32. The minimum absolute atomic E-state index is 0.249. The Kier molecular flexibility index (Phi) is 4.37. The lowest BCUT2D eigenvalue weighted by Gasteiger charge is -2.15. The third-order valence-electron chi connectivity index (χ3n) is 4.48. The molecule has 4 rings (SSSR count). The summed E-state index contributed by atoms with van der Waals surface area (Å²) < 4.78 is 42.2. The van der Waals surface area contributed by atoms with Gasteiger partial charge in [0.25, 0.3) is 0 Å². The van der Waals surface area contributed by atoms with Gasteiger partial charge in [-0.3, -0.25) is 0 Å². The zero-order valence-corrected chi connectivity index (χ0v) is 14.1. The fourth-order valence-electron chi connectivity index (χ4n) is 3.15. The second-order valence-corrected chi connectivity index (χ2v) is 6.17. The Balaban J connectivity index is 1.84. The van der Waals surface area contributed by atoms with Crippen LogP contribution in [0.1, 0.15) is 16.7 Å². The highest BCUT2D eigenvalue weighted by Crippen LogP contribution is 2.34. The molecule has 0 spiro atoms. The normalized spacial score (nSPS) is 13.7. The lowest BCUT2D eigenvalue weighted by molar-refractivity contribution is 0.508. The minimum atomic E-state index is -0.943. The average Bonchev–Trinajstić information content (AvgIpc) is 2.88. The van der Waals surface area contributed by atoms with Crippen molar-refractivity contribution < 1.29 is 13.2 Å². The Hall–Kier alpha value is -3.19. The second kappa shape index (κ2) is 6.85. The molecule has 27 heavy (non-hydrogen) atoms. The van der Waals surface area contributed by atoms with Gasteiger partial charge in [-0.05, 0) is 47.0 Å². The van der Waals surface area contributed by atoms with Gasteiger partial charge >= 0.3 is 0 Å². The molecule has 7 heteroatoms. The molecule has 0 saturated heterocycles. The molecule has 1 aliphatic rings. The van der Waals surface area contributed by atoms with Crippen LogP contribution in [0.3, 0.4) is 0 Å². The molecular weight excluding hydrogens is 353 g/mol. The number of benzene rings is 2. The fourth-order valence-corrected chi connectivity index (χ4v) is 3.15. The lowest BCUT2D eigenvalue weighted by Crippen LogP contribution is -2.13. The smallest absolute Gasteiger partial charge is 0.159 e. The molecule has 0 fully saturated rings. The van der Waals surface area contributed by atoms with Crippen molar-refractivity contribution in [3.8, 4) is 11.3 Å². The van der Waals surface area contributed by atoms with E-state index in [0.29, 0.717) is 46.6 Å². The number of halogens is 3. The van der Waals surface area contributed by atoms with E-state index >= 15 is 4.39 Å². The van der Waals surface area contributed by atoms with E-state index in [2.05, 4.69) is 15.5 Å². The molecule has 1 aromatic heterocycles. The number of hydrogen-bond donors (Lipinski definition) is 2. The highest BCUT2D eigenvalue weighted by Gasteiger charge is 2.21. The summed E-state index contributed by atoms with van der Waals surface area (Å²) in [4.78, 5) is 0. The summed E-state index contributed by atoms with van der Waals surface area (Å²) in [5.41, 5.74) is 8.38. The van der Waals surface area contributed by atoms with E-state index in [1.165, 1.54) is 6.07 Å². The van der Waals surface area contributed by atoms with Crippen molar-refractivity contribution in [1.82, 2.24) is 15.5 Å². The largest absolute Gasteiger partial charge is 0.382 e. The van der Waals surface area contributed by atoms with Crippen molar-refractivity contribution in [2.45, 2.75) is 6.54 Å². The van der Waals surface area contributed by atoms with Gasteiger partial charge in [0, 0.05) is 24.2 Å². The van der Waals surface area contributed by atoms with Gasteiger partial charge in [0.2, 0.25) is 0 Å². The number of hydrogen-bond acceptors (Lipinski definition) is 4. The number of nitrogens with one attached hydrogen (secondary N) is 1. The Morgan fingerprint density at radius 1 is 0.889 bits per heavy atom. The molecule has 136 valence electrons. The molecule has 0 bridgehead atoms. The summed E-state index contributed by atoms with van der Waals surface area (Å²) in [5, 5.41) is 10.8. The number of aromatic nitrogens is 2. The molecule has 0 amide bonds. The van der Waals surface area contributed by atoms with Gasteiger partial charge in [-0.15, -0.1) is 10.2 Å². The van der Waals surface area contributed by atoms with Crippen LogP contribution in [0.4, 0.5) is 19.0 Å². The molecule has 0 atom stereocenters. The molecule has 3 N–H and O–H groups in total. The van der Waals surface area contributed by atoms with Crippen LogP contribution < -0.4 is 11.1 Å². The number of nitrogens with zero attached hydrogens (tertiary/aromatic N) is 2. The number of nitrogen functional groups attached to an aromatic ring is 1. The third-order valence-corrected chi connectivity index (χ3v) is 4.48. The predicted molar refractivity (Wildman–Crippen MR) is 97.0 cm³/mol. The third kappa shape index (κ3) is 3.17. The van der Waals surface area contributed by atoms with E-state index < -0.39 is 17.5 Å². The van der Waals surface area contributed by atoms with Crippen LogP contribution in [0.15, 0.2) is 48.5 Å². The van der Waals surface area contributed by atoms with E-state index in [-0.39, 0.29) is 5.82 Å². The summed E-state index contributed by atoms with van der Waals surface area (Å²) >= 11 is 0. The van der Waals surface area contributed by atoms with Crippen molar-refractivity contribution in [2.75, 3.05) is 12.3 Å². The first-order valence-corrected chi connectivity index (χ1v) is 8.32. The second-order valence-electron chi connectivity index (χ2n) is 6.17. The van der Waals surface area contributed by atoms with E-state index in [1.54, 1.807) is 24.3 Å². The first-order chi connectivity index (χ1) is 13.0. The molecule has 2 aromatic carbocycles. The minimum Gasteiger partial charge on any atom is -0.382 e. The van der Waals surface area contributed by atoms with Gasteiger partial charge in [0.05, 0.1) is 5.69 Å². The molecule has 4 nitrogen and oxygen atoms in total. The van der Waals surface area contributed by atoms with Crippen LogP contribution in [0.25, 0.3) is 16.8 Å². The van der Waals surface area contributed by atoms with E-state index in [0.717, 1.165) is 12.1 Å². The lowest BCUT2D eigenvalue weighted by atomic mass is 9.91. The van der Waals surface area contributed by atoms with Gasteiger partial charge in [0.1, 0.15) is 11.6 Å². The Bertz CT molecular complexity index is 1050. The predicted octanol–water partition coefficient (Wildman–Crippen LogP) is 3.68. The zero-order chi connectivity index (χ0) is 19.0. The van der Waals surface area contributed by atoms with Crippen molar-refractivity contribution in [2.24, 2.45) is 0 Å². The number of fused-ring (bicyclic) bond motifs is 1. The molecule has 0 saturated carbocycles. The Morgan fingerprint density at radius 2 is 1.70 bits per heavy atom. The molecule has 1 aliphatic heterocycles. The van der Waals surface area contributed by atoms with E-state index in [9.17, 15) is 8.78 Å². The maximum absolute atomic E-state index is 15.3. The van der Waals surface area contributed by atoms with Crippen LogP contribution >= 0.6 is 0 Å². The van der Waals surface area contributed by atoms with E-state index in [4.69, 9.17) is 5.73 Å². The quantitative estimate of drug-likeness (QED) is 0.724. The molecule has 0 aliphatic carbocycles. The number of rotatable bonds is 2. The standard InChI is InChI=1S/C20H15F3N4/c21-16-4-1-11(9-17(16)22)12-7-8-25-10-15-13(12)2-3-14(20(15)23)18-5-6-19(24)27-26-18/h1-7,9,25H,8,10H2,(H2,24,27). The molecule has 0 radical (unpaired) electrons. The summed E-state index contributed by atoms with van der Waals surface area (Å²) in [5.74, 6) is -2.05. The highest BCUT2D eigenvalue weighted by atomic mass is 19.2. The Morgan fingerprint density at radius 3 is 2.44 bits per heavy atom. The summed E-state index contributed by atoms with van der Waals surface area (Å²) in [6, 6.07) is 10.2. The van der Waals surface area contributed by atoms with Gasteiger partial charge in [-0.2, -0.15) is 0 Å². The van der Waals surface area contributed by atoms with Gasteiger partial charge in [0.15, 0.2) is 11.6 Å². The van der Waals surface area contributed by atoms with Gasteiger partial charge in [-0.25, -0.2) is 13.2 Å². The molecule has 3 aromatic rings. The SMILES string of the molecule is Nc1ccc(-c2ccc3c(c2F)CNCC=C3c2ccc(F)c(F)c2)nn1. The summed E-state index contributed by atoms with van der Waals surface area (Å²) in [7, 11) is 0. The van der Waals surface area contributed by atoms with Crippen LogP contribution in [0.5, 0.6) is 0 Å². The van der Waals surface area contributed by atoms with Crippen LogP contribution in [0.2, 0.25) is 0 Å². The average molecular weight is 368 g/mol. The monoisotopic (exact) mass is 368 g/mol. The molecule has 2 heterocycles. The van der Waals surface area contributed by atoms with Gasteiger partial charge < -0.3 is 11.1 Å². The topological polar surface area (TPSA) is 63.8 Å². The van der Waals surface area contributed by atoms with Crippen molar-refractivity contribution >= 4 is 11.4 Å². The van der Waals surface area contributed by atoms with Crippen LogP contribution in [-0.2, 0) is 6.54 Å². The summed E-state index contributed by atoms with van der Waals surface area (Å²) in [6.45, 7) is 0.764. The van der Waals surface area contributed by atoms with Crippen molar-refractivity contribution in [3.63, 3.8) is 0 Å². The summed E-state index contributed by atoms with van der Waals surface area (Å²) in [6.07, 6.45) is 1.83. The fraction of sp³-hybridized carbons (Fsp3) is 0.100. The zero-order valence-electron chi connectivity index (χ0n) is 14.1. The maximum Gasteiger partial charge on any atom is 0.159 e. The number of anilines is 1. The Labute approximate surface area is 153 Å². The van der Waals surface area contributed by atoms with Crippen LogP contribution in [-0.4, -0.2) is 16.7 Å². The maximum atomic E-state index is 15.3.